The molecule has 3 atom stereocenters. The molecule has 1 aliphatic rings. The molecular formula is C12H18N2S. The number of nitrogens with zero attached hydrogens (tertiary/aromatic N) is 1. The number of nitrogens with one attached hydrogen (secondary N) is 1. The lowest BCUT2D eigenvalue weighted by atomic mass is 10.1. The topological polar surface area (TPSA) is 24.9 Å². The second kappa shape index (κ2) is 4.99. The van der Waals surface area contributed by atoms with Crippen LogP contribution in [-0.4, -0.2) is 22.0 Å². The molecule has 15 heavy (non-hydrogen) atoms. The molecule has 1 fully saturated rings. The van der Waals surface area contributed by atoms with Gasteiger partial charge in [-0.15, -0.1) is 0 Å². The van der Waals surface area contributed by atoms with Crippen molar-refractivity contribution < 1.29 is 0 Å². The van der Waals surface area contributed by atoms with Gasteiger partial charge >= 0.3 is 0 Å². The Hall–Kier alpha value is -0.540. The van der Waals surface area contributed by atoms with Crippen LogP contribution in [0.2, 0.25) is 0 Å². The van der Waals surface area contributed by atoms with E-state index < -0.39 is 0 Å². The van der Waals surface area contributed by atoms with Crippen LogP contribution in [0.1, 0.15) is 31.9 Å². The largest absolute Gasteiger partial charge is 0.307 e. The molecule has 1 saturated heterocycles. The lowest BCUT2D eigenvalue weighted by Gasteiger charge is -2.19. The van der Waals surface area contributed by atoms with E-state index in [9.17, 15) is 0 Å². The van der Waals surface area contributed by atoms with Crippen LogP contribution in [-0.2, 0) is 0 Å². The summed E-state index contributed by atoms with van der Waals surface area (Å²) in [7, 11) is 0. The van der Waals surface area contributed by atoms with Gasteiger partial charge in [0.25, 0.3) is 0 Å². The molecule has 0 saturated carbocycles. The highest BCUT2D eigenvalue weighted by Gasteiger charge is 2.23. The molecule has 0 aromatic carbocycles. The van der Waals surface area contributed by atoms with Gasteiger partial charge in [0.15, 0.2) is 0 Å². The Morgan fingerprint density at radius 3 is 2.80 bits per heavy atom. The fraction of sp³-hybridized carbons (Fsp3) is 0.583. The van der Waals surface area contributed by atoms with Crippen LogP contribution in [0.15, 0.2) is 24.5 Å². The summed E-state index contributed by atoms with van der Waals surface area (Å²) < 4.78 is 0. The Balaban J connectivity index is 1.90. The van der Waals surface area contributed by atoms with Crippen molar-refractivity contribution in [1.82, 2.24) is 10.3 Å². The maximum atomic E-state index is 4.04. The molecule has 2 unspecified atom stereocenters. The summed E-state index contributed by atoms with van der Waals surface area (Å²) in [5.41, 5.74) is 1.33. The van der Waals surface area contributed by atoms with Crippen molar-refractivity contribution >= 4 is 11.8 Å². The first-order valence-electron chi connectivity index (χ1n) is 5.53. The Labute approximate surface area is 95.9 Å². The molecule has 0 spiro atoms. The molecule has 1 aliphatic heterocycles. The SMILES string of the molecule is CC1CC(N[C@@H](C)c2ccncc2)CS1. The summed E-state index contributed by atoms with van der Waals surface area (Å²) in [4.78, 5) is 4.04. The monoisotopic (exact) mass is 222 g/mol. The van der Waals surface area contributed by atoms with E-state index in [1.165, 1.54) is 17.7 Å². The summed E-state index contributed by atoms with van der Waals surface area (Å²) >= 11 is 2.07. The number of hydrogen-bond acceptors (Lipinski definition) is 3. The van der Waals surface area contributed by atoms with Crippen molar-refractivity contribution in [3.63, 3.8) is 0 Å². The zero-order chi connectivity index (χ0) is 10.7. The average Bonchev–Trinajstić information content (AvgIpc) is 2.65. The van der Waals surface area contributed by atoms with Gasteiger partial charge in [0.1, 0.15) is 0 Å². The summed E-state index contributed by atoms with van der Waals surface area (Å²) in [6, 6.07) is 5.28. The molecule has 0 bridgehead atoms. The Morgan fingerprint density at radius 2 is 2.20 bits per heavy atom. The lowest BCUT2D eigenvalue weighted by Crippen LogP contribution is -2.31. The predicted molar refractivity (Wildman–Crippen MR) is 66.1 cm³/mol. The predicted octanol–water partition coefficient (Wildman–Crippen LogP) is 2.63. The van der Waals surface area contributed by atoms with Crippen LogP contribution in [0, 0.1) is 0 Å². The molecule has 0 radical (unpaired) electrons. The summed E-state index contributed by atoms with van der Waals surface area (Å²) in [6.45, 7) is 4.53. The van der Waals surface area contributed by atoms with Crippen molar-refractivity contribution in [3.8, 4) is 0 Å². The Morgan fingerprint density at radius 1 is 1.47 bits per heavy atom. The van der Waals surface area contributed by atoms with E-state index in [0.717, 1.165) is 5.25 Å². The van der Waals surface area contributed by atoms with E-state index in [4.69, 9.17) is 0 Å². The average molecular weight is 222 g/mol. The maximum Gasteiger partial charge on any atom is 0.0295 e. The van der Waals surface area contributed by atoms with Crippen molar-refractivity contribution in [2.45, 2.75) is 37.6 Å². The number of hydrogen-bond donors (Lipinski definition) is 1. The third-order valence-electron chi connectivity index (χ3n) is 2.89. The van der Waals surface area contributed by atoms with Gasteiger partial charge in [0.05, 0.1) is 0 Å². The smallest absolute Gasteiger partial charge is 0.0295 e. The number of thioether (sulfide) groups is 1. The third-order valence-corrected chi connectivity index (χ3v) is 4.25. The summed E-state index contributed by atoms with van der Waals surface area (Å²) in [6.07, 6.45) is 5.01. The van der Waals surface area contributed by atoms with Crippen LogP contribution in [0.5, 0.6) is 0 Å². The van der Waals surface area contributed by atoms with Crippen molar-refractivity contribution in [2.75, 3.05) is 5.75 Å². The van der Waals surface area contributed by atoms with E-state index in [-0.39, 0.29) is 0 Å². The summed E-state index contributed by atoms with van der Waals surface area (Å²) in [5, 5.41) is 4.49. The second-order valence-electron chi connectivity index (χ2n) is 4.25. The van der Waals surface area contributed by atoms with E-state index in [1.807, 2.05) is 12.4 Å². The van der Waals surface area contributed by atoms with Gasteiger partial charge in [-0.2, -0.15) is 11.8 Å². The van der Waals surface area contributed by atoms with Crippen molar-refractivity contribution in [2.24, 2.45) is 0 Å². The number of aromatic nitrogens is 1. The molecule has 3 heteroatoms. The highest BCUT2D eigenvalue weighted by molar-refractivity contribution is 8.00. The molecule has 0 aliphatic carbocycles. The highest BCUT2D eigenvalue weighted by Crippen LogP contribution is 2.27. The first-order valence-corrected chi connectivity index (χ1v) is 6.58. The quantitative estimate of drug-likeness (QED) is 0.851. The second-order valence-corrected chi connectivity index (χ2v) is 5.72. The highest BCUT2D eigenvalue weighted by atomic mass is 32.2. The normalized spacial score (nSPS) is 27.9. The van der Waals surface area contributed by atoms with E-state index in [0.29, 0.717) is 12.1 Å². The van der Waals surface area contributed by atoms with E-state index >= 15 is 0 Å². The molecule has 2 nitrogen and oxygen atoms in total. The first kappa shape index (κ1) is 11.0. The third kappa shape index (κ3) is 2.95. The molecule has 2 heterocycles. The van der Waals surface area contributed by atoms with Crippen LogP contribution in [0.3, 0.4) is 0 Å². The first-order chi connectivity index (χ1) is 7.25. The minimum atomic E-state index is 0.434. The minimum Gasteiger partial charge on any atom is -0.307 e. The van der Waals surface area contributed by atoms with Gasteiger partial charge in [0, 0.05) is 35.5 Å². The molecule has 2 rings (SSSR count). The zero-order valence-corrected chi connectivity index (χ0v) is 10.1. The number of rotatable bonds is 3. The van der Waals surface area contributed by atoms with Crippen LogP contribution < -0.4 is 5.32 Å². The van der Waals surface area contributed by atoms with Crippen molar-refractivity contribution in [1.29, 1.82) is 0 Å². The van der Waals surface area contributed by atoms with Crippen molar-refractivity contribution in [3.05, 3.63) is 30.1 Å². The maximum absolute atomic E-state index is 4.04. The molecule has 0 amide bonds. The molecular weight excluding hydrogens is 204 g/mol. The van der Waals surface area contributed by atoms with Gasteiger partial charge in [0.2, 0.25) is 0 Å². The fourth-order valence-electron chi connectivity index (χ4n) is 2.04. The van der Waals surface area contributed by atoms with Crippen LogP contribution in [0.25, 0.3) is 0 Å². The van der Waals surface area contributed by atoms with E-state index in [2.05, 4.69) is 48.0 Å². The van der Waals surface area contributed by atoms with Gasteiger partial charge in [-0.05, 0) is 31.0 Å². The van der Waals surface area contributed by atoms with Gasteiger partial charge in [-0.3, -0.25) is 4.98 Å². The molecule has 82 valence electrons. The van der Waals surface area contributed by atoms with Crippen LogP contribution in [0.4, 0.5) is 0 Å². The molecule has 1 aromatic heterocycles. The molecule has 1 aromatic rings. The summed E-state index contributed by atoms with van der Waals surface area (Å²) in [5.74, 6) is 1.25. The fourth-order valence-corrected chi connectivity index (χ4v) is 3.20. The van der Waals surface area contributed by atoms with Gasteiger partial charge < -0.3 is 5.32 Å². The minimum absolute atomic E-state index is 0.434. The van der Waals surface area contributed by atoms with Crippen LogP contribution >= 0.6 is 11.8 Å². The van der Waals surface area contributed by atoms with Gasteiger partial charge in [-0.25, -0.2) is 0 Å². The zero-order valence-electron chi connectivity index (χ0n) is 9.31. The molecule has 1 N–H and O–H groups in total. The Kier molecular flexibility index (Phi) is 3.65. The Bertz CT molecular complexity index is 302. The number of pyridine rings is 1. The van der Waals surface area contributed by atoms with E-state index in [1.54, 1.807) is 0 Å². The standard InChI is InChI=1S/C12H18N2S/c1-9-7-12(8-15-9)14-10(2)11-3-5-13-6-4-11/h3-6,9-10,12,14H,7-8H2,1-2H3/t9?,10-,12?/m0/s1. The lowest BCUT2D eigenvalue weighted by molar-refractivity contribution is 0.474. The van der Waals surface area contributed by atoms with Gasteiger partial charge in [-0.1, -0.05) is 6.92 Å².